The predicted molar refractivity (Wildman–Crippen MR) is 81.3 cm³/mol. The maximum absolute atomic E-state index is 12.0. The van der Waals surface area contributed by atoms with Crippen molar-refractivity contribution < 1.29 is 8.42 Å². The lowest BCUT2D eigenvalue weighted by Crippen LogP contribution is -2.25. The van der Waals surface area contributed by atoms with Crippen LogP contribution < -0.4 is 10.0 Å². The topological polar surface area (TPSA) is 58.2 Å². The van der Waals surface area contributed by atoms with Crippen LogP contribution in [-0.4, -0.2) is 32.5 Å². The zero-order valence-corrected chi connectivity index (χ0v) is 12.9. The summed E-state index contributed by atoms with van der Waals surface area (Å²) < 4.78 is 26.6. The van der Waals surface area contributed by atoms with Crippen LogP contribution in [0, 0.1) is 0 Å². The Bertz CT molecular complexity index is 510. The minimum absolute atomic E-state index is 0.144. The van der Waals surface area contributed by atoms with Gasteiger partial charge in [0.15, 0.2) is 0 Å². The average molecular weight is 300 g/mol. The summed E-state index contributed by atoms with van der Waals surface area (Å²) in [6.45, 7) is 3.02. The second-order valence-electron chi connectivity index (χ2n) is 4.85. The molecule has 1 aromatic rings. The van der Waals surface area contributed by atoms with Crippen molar-refractivity contribution in [1.82, 2.24) is 4.72 Å². The highest BCUT2D eigenvalue weighted by atomic mass is 32.2. The Morgan fingerprint density at radius 3 is 2.47 bits per heavy atom. The van der Waals surface area contributed by atoms with E-state index in [0.717, 1.165) is 25.1 Å². The average Bonchev–Trinajstić information content (AvgIpc) is 3.19. The maximum Gasteiger partial charge on any atom is 0.240 e. The summed E-state index contributed by atoms with van der Waals surface area (Å²) in [6.07, 6.45) is 3.97. The summed E-state index contributed by atoms with van der Waals surface area (Å²) in [6, 6.07) is 7.07. The molecule has 0 saturated heterocycles. The molecule has 0 bridgehead atoms. The minimum Gasteiger partial charge on any atom is -0.384 e. The lowest BCUT2D eigenvalue weighted by molar-refractivity contribution is 0.581. The van der Waals surface area contributed by atoms with Crippen molar-refractivity contribution in [1.29, 1.82) is 0 Å². The van der Waals surface area contributed by atoms with E-state index < -0.39 is 10.0 Å². The Kier molecular flexibility index (Phi) is 4.76. The van der Waals surface area contributed by atoms with Crippen LogP contribution in [0.1, 0.15) is 19.8 Å². The van der Waals surface area contributed by atoms with Gasteiger partial charge in [-0.1, -0.05) is 6.92 Å². The number of rotatable bonds is 7. The van der Waals surface area contributed by atoms with E-state index >= 15 is 0 Å². The van der Waals surface area contributed by atoms with Crippen LogP contribution in [0.15, 0.2) is 29.2 Å². The second kappa shape index (κ2) is 6.15. The van der Waals surface area contributed by atoms with Gasteiger partial charge < -0.3 is 5.32 Å². The van der Waals surface area contributed by atoms with Gasteiger partial charge in [0, 0.05) is 23.5 Å². The van der Waals surface area contributed by atoms with Crippen molar-refractivity contribution in [2.24, 2.45) is 0 Å². The van der Waals surface area contributed by atoms with E-state index in [1.807, 2.05) is 12.1 Å². The van der Waals surface area contributed by atoms with Crippen LogP contribution >= 0.6 is 11.8 Å². The van der Waals surface area contributed by atoms with E-state index in [4.69, 9.17) is 0 Å². The van der Waals surface area contributed by atoms with Crippen LogP contribution in [0.2, 0.25) is 0 Å². The first-order chi connectivity index (χ1) is 9.01. The quantitative estimate of drug-likeness (QED) is 0.811. The molecule has 4 nitrogen and oxygen atoms in total. The monoisotopic (exact) mass is 300 g/mol. The first-order valence-corrected chi connectivity index (χ1v) is 9.17. The maximum atomic E-state index is 12.0. The van der Waals surface area contributed by atoms with Crippen molar-refractivity contribution in [3.05, 3.63) is 24.3 Å². The number of hydrogen-bond acceptors (Lipinski definition) is 4. The molecule has 2 N–H and O–H groups in total. The van der Waals surface area contributed by atoms with Gasteiger partial charge in [-0.05, 0) is 43.4 Å². The van der Waals surface area contributed by atoms with Gasteiger partial charge in [0.25, 0.3) is 0 Å². The molecule has 0 heterocycles. The minimum atomic E-state index is -3.33. The summed E-state index contributed by atoms with van der Waals surface area (Å²) >= 11 is 1.80. The number of thioether (sulfide) groups is 1. The largest absolute Gasteiger partial charge is 0.384 e. The molecular weight excluding hydrogens is 280 g/mol. The van der Waals surface area contributed by atoms with Gasteiger partial charge in [0.2, 0.25) is 10.0 Å². The molecule has 19 heavy (non-hydrogen) atoms. The highest BCUT2D eigenvalue weighted by Crippen LogP contribution is 2.22. The number of nitrogens with one attached hydrogen (secondary N) is 2. The van der Waals surface area contributed by atoms with Crippen LogP contribution in [0.25, 0.3) is 0 Å². The number of benzene rings is 1. The fraction of sp³-hybridized carbons (Fsp3) is 0.538. The number of anilines is 1. The van der Waals surface area contributed by atoms with E-state index in [1.54, 1.807) is 23.9 Å². The fourth-order valence-corrected chi connectivity index (χ4v) is 3.14. The SMILES string of the molecule is CSC(C)CNc1ccc(S(=O)(=O)NC2CC2)cc1. The molecule has 2 rings (SSSR count). The van der Waals surface area contributed by atoms with Crippen molar-refractivity contribution in [3.8, 4) is 0 Å². The molecule has 1 saturated carbocycles. The molecule has 1 aliphatic carbocycles. The number of hydrogen-bond donors (Lipinski definition) is 2. The summed E-state index contributed by atoms with van der Waals surface area (Å²) in [7, 11) is -3.33. The summed E-state index contributed by atoms with van der Waals surface area (Å²) in [4.78, 5) is 0.336. The van der Waals surface area contributed by atoms with Gasteiger partial charge in [0.05, 0.1) is 4.90 Å². The second-order valence-corrected chi connectivity index (χ2v) is 7.84. The molecule has 0 aromatic heterocycles. The fourth-order valence-electron chi connectivity index (χ4n) is 1.59. The van der Waals surface area contributed by atoms with Gasteiger partial charge in [0.1, 0.15) is 0 Å². The lowest BCUT2D eigenvalue weighted by Gasteiger charge is -2.11. The Balaban J connectivity index is 1.97. The smallest absolute Gasteiger partial charge is 0.240 e. The van der Waals surface area contributed by atoms with Crippen LogP contribution in [-0.2, 0) is 10.0 Å². The Hall–Kier alpha value is -0.720. The molecule has 0 aliphatic heterocycles. The summed E-state index contributed by atoms with van der Waals surface area (Å²) in [5.74, 6) is 0. The summed E-state index contributed by atoms with van der Waals surface area (Å²) in [5, 5.41) is 3.82. The third kappa shape index (κ3) is 4.40. The first-order valence-electron chi connectivity index (χ1n) is 6.40. The molecule has 106 valence electrons. The van der Waals surface area contributed by atoms with Crippen molar-refractivity contribution in [3.63, 3.8) is 0 Å². The number of sulfonamides is 1. The lowest BCUT2D eigenvalue weighted by atomic mass is 10.3. The summed E-state index contributed by atoms with van der Waals surface area (Å²) in [5.41, 5.74) is 0.950. The molecule has 1 unspecified atom stereocenters. The van der Waals surface area contributed by atoms with E-state index in [1.165, 1.54) is 0 Å². The van der Waals surface area contributed by atoms with E-state index in [9.17, 15) is 8.42 Å². The van der Waals surface area contributed by atoms with Crippen LogP contribution in [0.4, 0.5) is 5.69 Å². The highest BCUT2D eigenvalue weighted by Gasteiger charge is 2.27. The molecule has 1 aromatic carbocycles. The van der Waals surface area contributed by atoms with E-state index in [0.29, 0.717) is 10.1 Å². The molecule has 0 amide bonds. The third-order valence-electron chi connectivity index (χ3n) is 3.06. The molecule has 1 aliphatic rings. The predicted octanol–water partition coefficient (Wildman–Crippen LogP) is 2.29. The van der Waals surface area contributed by atoms with E-state index in [2.05, 4.69) is 23.2 Å². The molecule has 0 radical (unpaired) electrons. The van der Waals surface area contributed by atoms with Crippen LogP contribution in [0.3, 0.4) is 0 Å². The van der Waals surface area contributed by atoms with Crippen molar-refractivity contribution in [2.75, 3.05) is 18.1 Å². The molecular formula is C13H20N2O2S2. The standard InChI is InChI=1S/C13H20N2O2S2/c1-10(18-2)9-14-11-5-7-13(8-6-11)19(16,17)15-12-3-4-12/h5-8,10,12,14-15H,3-4,9H2,1-2H3. The third-order valence-corrected chi connectivity index (χ3v) is 5.57. The van der Waals surface area contributed by atoms with Gasteiger partial charge in [-0.2, -0.15) is 11.8 Å². The Labute approximate surface area is 119 Å². The zero-order valence-electron chi connectivity index (χ0n) is 11.2. The van der Waals surface area contributed by atoms with Crippen molar-refractivity contribution in [2.45, 2.75) is 36.0 Å². The van der Waals surface area contributed by atoms with Gasteiger partial charge >= 0.3 is 0 Å². The molecule has 1 fully saturated rings. The van der Waals surface area contributed by atoms with Crippen molar-refractivity contribution >= 4 is 27.5 Å². The van der Waals surface area contributed by atoms with Gasteiger partial charge in [-0.15, -0.1) is 0 Å². The van der Waals surface area contributed by atoms with Gasteiger partial charge in [-0.3, -0.25) is 0 Å². The normalized spacial score (nSPS) is 17.2. The zero-order chi connectivity index (χ0) is 13.9. The Morgan fingerprint density at radius 2 is 1.95 bits per heavy atom. The molecule has 6 heteroatoms. The van der Waals surface area contributed by atoms with Gasteiger partial charge in [-0.25, -0.2) is 13.1 Å². The highest BCUT2D eigenvalue weighted by molar-refractivity contribution is 7.99. The Morgan fingerprint density at radius 1 is 1.32 bits per heavy atom. The van der Waals surface area contributed by atoms with E-state index in [-0.39, 0.29) is 6.04 Å². The first kappa shape index (κ1) is 14.7. The molecule has 0 spiro atoms. The van der Waals surface area contributed by atoms with Crippen LogP contribution in [0.5, 0.6) is 0 Å². The molecule has 1 atom stereocenters.